The maximum Gasteiger partial charge on any atom is 0.138 e. The molecule has 0 amide bonds. The molecule has 1 aliphatic carbocycles. The van der Waals surface area contributed by atoms with Crippen molar-refractivity contribution in [2.45, 2.75) is 32.2 Å². The zero-order chi connectivity index (χ0) is 13.7. The second kappa shape index (κ2) is 4.88. The minimum atomic E-state index is -0.188. The summed E-state index contributed by atoms with van der Waals surface area (Å²) in [6.07, 6.45) is 1.24. The summed E-state index contributed by atoms with van der Waals surface area (Å²) < 4.78 is 16.5. The molecule has 2 aromatic rings. The fourth-order valence-corrected chi connectivity index (χ4v) is 3.14. The standard InChI is InChI=1S/C14H15ClFIN2/c1-7-3-9(7)6-19-13-4-10(16)11(17)5-12(13)18-14(19)8(2)15/h4-5,7-9H,3,6H2,1-2H3. The van der Waals surface area contributed by atoms with Crippen molar-refractivity contribution in [2.24, 2.45) is 11.8 Å². The molecule has 1 heterocycles. The van der Waals surface area contributed by atoms with Crippen molar-refractivity contribution < 1.29 is 4.39 Å². The summed E-state index contributed by atoms with van der Waals surface area (Å²) in [4.78, 5) is 4.58. The molecule has 5 heteroatoms. The van der Waals surface area contributed by atoms with Gasteiger partial charge in [-0.2, -0.15) is 0 Å². The van der Waals surface area contributed by atoms with Crippen LogP contribution in [0.2, 0.25) is 0 Å². The molecule has 3 rings (SSSR count). The molecule has 0 spiro atoms. The van der Waals surface area contributed by atoms with Gasteiger partial charge in [0.05, 0.1) is 20.0 Å². The molecular formula is C14H15ClFIN2. The lowest BCUT2D eigenvalue weighted by Gasteiger charge is -2.10. The largest absolute Gasteiger partial charge is 0.326 e. The van der Waals surface area contributed by atoms with Crippen molar-refractivity contribution >= 4 is 45.2 Å². The fourth-order valence-electron chi connectivity index (χ4n) is 2.52. The number of imidazole rings is 1. The van der Waals surface area contributed by atoms with Gasteiger partial charge in [-0.25, -0.2) is 9.37 Å². The molecule has 0 bridgehead atoms. The Labute approximate surface area is 130 Å². The van der Waals surface area contributed by atoms with Gasteiger partial charge in [0.25, 0.3) is 0 Å². The van der Waals surface area contributed by atoms with Crippen molar-refractivity contribution in [3.63, 3.8) is 0 Å². The van der Waals surface area contributed by atoms with Crippen LogP contribution in [0.25, 0.3) is 11.0 Å². The number of nitrogens with zero attached hydrogens (tertiary/aromatic N) is 2. The van der Waals surface area contributed by atoms with Gasteiger partial charge in [-0.3, -0.25) is 0 Å². The van der Waals surface area contributed by atoms with Gasteiger partial charge in [-0.05, 0) is 53.8 Å². The molecule has 1 aromatic heterocycles. The third-order valence-electron chi connectivity index (χ3n) is 3.87. The maximum absolute atomic E-state index is 13.8. The lowest BCUT2D eigenvalue weighted by atomic mass is 10.3. The molecule has 0 saturated heterocycles. The number of alkyl halides is 1. The van der Waals surface area contributed by atoms with E-state index < -0.39 is 0 Å². The van der Waals surface area contributed by atoms with E-state index in [-0.39, 0.29) is 11.2 Å². The molecule has 1 aromatic carbocycles. The van der Waals surface area contributed by atoms with Gasteiger partial charge < -0.3 is 4.57 Å². The van der Waals surface area contributed by atoms with Crippen LogP contribution in [0, 0.1) is 21.2 Å². The van der Waals surface area contributed by atoms with Crippen LogP contribution in [0.5, 0.6) is 0 Å². The Balaban J connectivity index is 2.14. The minimum absolute atomic E-state index is 0.165. The zero-order valence-corrected chi connectivity index (χ0v) is 13.7. The SMILES string of the molecule is CC(Cl)c1nc2cc(I)c(F)cc2n1CC1CC1C. The number of hydrogen-bond acceptors (Lipinski definition) is 1. The summed E-state index contributed by atoms with van der Waals surface area (Å²) in [6.45, 7) is 5.05. The van der Waals surface area contributed by atoms with Gasteiger partial charge in [-0.15, -0.1) is 11.6 Å². The minimum Gasteiger partial charge on any atom is -0.326 e. The summed E-state index contributed by atoms with van der Waals surface area (Å²) in [5.41, 5.74) is 1.70. The van der Waals surface area contributed by atoms with Gasteiger partial charge in [0.2, 0.25) is 0 Å². The molecular weight excluding hydrogens is 378 g/mol. The van der Waals surface area contributed by atoms with Crippen molar-refractivity contribution in [1.82, 2.24) is 9.55 Å². The number of fused-ring (bicyclic) bond motifs is 1. The van der Waals surface area contributed by atoms with Gasteiger partial charge in [0, 0.05) is 12.6 Å². The fraction of sp³-hybridized carbons (Fsp3) is 0.500. The Kier molecular flexibility index (Phi) is 3.50. The molecule has 3 unspecified atom stereocenters. The summed E-state index contributed by atoms with van der Waals surface area (Å²) >= 11 is 8.22. The molecule has 1 fully saturated rings. The lowest BCUT2D eigenvalue weighted by molar-refractivity contribution is 0.579. The summed E-state index contributed by atoms with van der Waals surface area (Å²) in [5.74, 6) is 2.09. The number of rotatable bonds is 3. The first-order valence-corrected chi connectivity index (χ1v) is 7.98. The predicted octanol–water partition coefficient (Wildman–Crippen LogP) is 4.74. The highest BCUT2D eigenvalue weighted by Gasteiger charge is 2.34. The summed E-state index contributed by atoms with van der Waals surface area (Å²) in [5, 5.41) is -0.165. The van der Waals surface area contributed by atoms with Crippen LogP contribution in [0.1, 0.15) is 31.5 Å². The number of aromatic nitrogens is 2. The maximum atomic E-state index is 13.8. The lowest BCUT2D eigenvalue weighted by Crippen LogP contribution is -2.06. The van der Waals surface area contributed by atoms with Crippen LogP contribution in [-0.2, 0) is 6.54 Å². The highest BCUT2D eigenvalue weighted by atomic mass is 127. The Bertz CT molecular complexity index is 638. The number of halogens is 3. The Morgan fingerprint density at radius 2 is 2.26 bits per heavy atom. The highest BCUT2D eigenvalue weighted by molar-refractivity contribution is 14.1. The first kappa shape index (κ1) is 13.6. The van der Waals surface area contributed by atoms with E-state index in [9.17, 15) is 4.39 Å². The second-order valence-corrected chi connectivity index (χ2v) is 7.24. The van der Waals surface area contributed by atoms with Crippen molar-refractivity contribution in [1.29, 1.82) is 0 Å². The smallest absolute Gasteiger partial charge is 0.138 e. The van der Waals surface area contributed by atoms with E-state index in [0.29, 0.717) is 9.49 Å². The van der Waals surface area contributed by atoms with Crippen LogP contribution < -0.4 is 0 Å². The molecule has 0 aliphatic heterocycles. The van der Waals surface area contributed by atoms with E-state index in [2.05, 4.69) is 16.5 Å². The first-order chi connectivity index (χ1) is 8.97. The predicted molar refractivity (Wildman–Crippen MR) is 83.9 cm³/mol. The van der Waals surface area contributed by atoms with Crippen LogP contribution >= 0.6 is 34.2 Å². The number of benzene rings is 1. The third kappa shape index (κ3) is 2.49. The third-order valence-corrected chi connectivity index (χ3v) is 4.89. The topological polar surface area (TPSA) is 17.8 Å². The van der Waals surface area contributed by atoms with Crippen LogP contribution in [0.4, 0.5) is 4.39 Å². The monoisotopic (exact) mass is 392 g/mol. The van der Waals surface area contributed by atoms with Crippen LogP contribution in [0.15, 0.2) is 12.1 Å². The van der Waals surface area contributed by atoms with Crippen molar-refractivity contribution in [3.8, 4) is 0 Å². The van der Waals surface area contributed by atoms with Gasteiger partial charge in [0.1, 0.15) is 11.6 Å². The highest BCUT2D eigenvalue weighted by Crippen LogP contribution is 2.40. The normalized spacial score (nSPS) is 23.8. The molecule has 19 heavy (non-hydrogen) atoms. The molecule has 102 valence electrons. The van der Waals surface area contributed by atoms with E-state index in [1.807, 2.05) is 29.5 Å². The Morgan fingerprint density at radius 3 is 2.84 bits per heavy atom. The second-order valence-electron chi connectivity index (χ2n) is 5.42. The average Bonchev–Trinajstić information content (AvgIpc) is 2.91. The number of hydrogen-bond donors (Lipinski definition) is 0. The van der Waals surface area contributed by atoms with Gasteiger partial charge >= 0.3 is 0 Å². The molecule has 0 radical (unpaired) electrons. The summed E-state index contributed by atoms with van der Waals surface area (Å²) in [7, 11) is 0. The quantitative estimate of drug-likeness (QED) is 0.545. The van der Waals surface area contributed by atoms with Gasteiger partial charge in [0.15, 0.2) is 0 Å². The molecule has 1 aliphatic rings. The molecule has 0 N–H and O–H groups in total. The molecule has 1 saturated carbocycles. The Hall–Kier alpha value is -0.360. The summed E-state index contributed by atoms with van der Waals surface area (Å²) in [6, 6.07) is 3.38. The molecule has 2 nitrogen and oxygen atoms in total. The first-order valence-electron chi connectivity index (χ1n) is 6.46. The van der Waals surface area contributed by atoms with E-state index in [4.69, 9.17) is 11.6 Å². The van der Waals surface area contributed by atoms with Crippen LogP contribution in [0.3, 0.4) is 0 Å². The van der Waals surface area contributed by atoms with E-state index >= 15 is 0 Å². The molecule has 3 atom stereocenters. The Morgan fingerprint density at radius 1 is 1.58 bits per heavy atom. The van der Waals surface area contributed by atoms with E-state index in [1.165, 1.54) is 6.42 Å². The van der Waals surface area contributed by atoms with Crippen molar-refractivity contribution in [2.75, 3.05) is 0 Å². The van der Waals surface area contributed by atoms with E-state index in [0.717, 1.165) is 29.3 Å². The van der Waals surface area contributed by atoms with Gasteiger partial charge in [-0.1, -0.05) is 6.92 Å². The average molecular weight is 393 g/mol. The zero-order valence-electron chi connectivity index (χ0n) is 10.8. The van der Waals surface area contributed by atoms with Crippen LogP contribution in [-0.4, -0.2) is 9.55 Å². The van der Waals surface area contributed by atoms with Crippen molar-refractivity contribution in [3.05, 3.63) is 27.3 Å². The van der Waals surface area contributed by atoms with E-state index in [1.54, 1.807) is 12.1 Å².